The topological polar surface area (TPSA) is 74.8 Å². The Morgan fingerprint density at radius 2 is 1.68 bits per heavy atom. The van der Waals surface area contributed by atoms with Gasteiger partial charge in [-0.3, -0.25) is 9.79 Å². The third-order valence-corrected chi connectivity index (χ3v) is 2.86. The van der Waals surface area contributed by atoms with Crippen LogP contribution in [0.25, 0.3) is 0 Å². The highest BCUT2D eigenvalue weighted by atomic mass is 127. The molecule has 0 saturated carbocycles. The van der Waals surface area contributed by atoms with Crippen LogP contribution in [0.2, 0.25) is 0 Å². The Balaban J connectivity index is 0. The molecule has 0 fully saturated rings. The summed E-state index contributed by atoms with van der Waals surface area (Å²) in [5.74, 6) is 0.523. The number of hydrogen-bond acceptors (Lipinski definition) is 3. The van der Waals surface area contributed by atoms with Crippen LogP contribution in [0.15, 0.2) is 4.99 Å². The van der Waals surface area contributed by atoms with Crippen LogP contribution in [0.1, 0.15) is 41.5 Å². The highest BCUT2D eigenvalue weighted by Gasteiger charge is 2.24. The van der Waals surface area contributed by atoms with Crippen LogP contribution in [-0.2, 0) is 9.53 Å². The Morgan fingerprint density at radius 3 is 2.05 bits per heavy atom. The van der Waals surface area contributed by atoms with Crippen molar-refractivity contribution in [2.75, 3.05) is 27.2 Å². The maximum Gasteiger partial charge on any atom is 0.239 e. The van der Waals surface area contributed by atoms with Crippen LogP contribution < -0.4 is 16.0 Å². The van der Waals surface area contributed by atoms with E-state index in [1.165, 1.54) is 0 Å². The maximum atomic E-state index is 11.8. The Kier molecular flexibility index (Phi) is 11.0. The molecule has 0 aromatic heterocycles. The fraction of sp³-hybridized carbons (Fsp3) is 0.867. The molecule has 3 N–H and O–H groups in total. The van der Waals surface area contributed by atoms with Crippen molar-refractivity contribution in [3.63, 3.8) is 0 Å². The summed E-state index contributed by atoms with van der Waals surface area (Å²) >= 11 is 0. The fourth-order valence-electron chi connectivity index (χ4n) is 1.78. The van der Waals surface area contributed by atoms with Gasteiger partial charge in [-0.2, -0.15) is 0 Å². The van der Waals surface area contributed by atoms with Gasteiger partial charge in [0.05, 0.1) is 12.6 Å². The second-order valence-electron chi connectivity index (χ2n) is 7.20. The van der Waals surface area contributed by atoms with E-state index in [2.05, 4.69) is 41.7 Å². The number of halogens is 1. The van der Waals surface area contributed by atoms with E-state index >= 15 is 0 Å². The molecule has 6 nitrogen and oxygen atoms in total. The van der Waals surface area contributed by atoms with Gasteiger partial charge >= 0.3 is 0 Å². The van der Waals surface area contributed by atoms with Gasteiger partial charge in [-0.25, -0.2) is 0 Å². The summed E-state index contributed by atoms with van der Waals surface area (Å²) in [7, 11) is 3.38. The number of nitrogens with one attached hydrogen (secondary N) is 3. The first-order valence-electron chi connectivity index (χ1n) is 7.28. The molecule has 1 amide bonds. The highest BCUT2D eigenvalue weighted by Crippen LogP contribution is 2.20. The Labute approximate surface area is 152 Å². The number of rotatable bonds is 5. The van der Waals surface area contributed by atoms with Crippen molar-refractivity contribution in [1.29, 1.82) is 0 Å². The third kappa shape index (κ3) is 11.1. The molecule has 0 heterocycles. The number of methoxy groups -OCH3 is 1. The summed E-state index contributed by atoms with van der Waals surface area (Å²) < 4.78 is 5.48. The number of carbonyl (C=O) groups excluding carboxylic acids is 1. The summed E-state index contributed by atoms with van der Waals surface area (Å²) in [6.07, 6.45) is 0.0550. The van der Waals surface area contributed by atoms with E-state index in [1.54, 1.807) is 14.2 Å². The summed E-state index contributed by atoms with van der Waals surface area (Å²) in [6.45, 7) is 13.0. The van der Waals surface area contributed by atoms with Crippen molar-refractivity contribution in [1.82, 2.24) is 16.0 Å². The minimum atomic E-state index is -0.233. The molecule has 7 heteroatoms. The van der Waals surface area contributed by atoms with Gasteiger partial charge in [0.2, 0.25) is 5.91 Å². The van der Waals surface area contributed by atoms with E-state index in [0.29, 0.717) is 12.5 Å². The van der Waals surface area contributed by atoms with E-state index in [1.807, 2.05) is 20.8 Å². The average molecular weight is 428 g/mol. The first kappa shape index (κ1) is 23.7. The molecule has 0 aliphatic rings. The maximum absolute atomic E-state index is 11.8. The van der Waals surface area contributed by atoms with Gasteiger partial charge in [0.15, 0.2) is 5.96 Å². The number of nitrogens with zero attached hydrogens (tertiary/aromatic N) is 1. The zero-order valence-electron chi connectivity index (χ0n) is 15.2. The van der Waals surface area contributed by atoms with Crippen LogP contribution in [0, 0.1) is 5.41 Å². The highest BCUT2D eigenvalue weighted by molar-refractivity contribution is 14.0. The van der Waals surface area contributed by atoms with Gasteiger partial charge in [-0.05, 0) is 26.2 Å². The number of amides is 1. The molecular formula is C15H33IN4O2. The minimum Gasteiger partial charge on any atom is -0.379 e. The minimum absolute atomic E-state index is 0. The van der Waals surface area contributed by atoms with Crippen LogP contribution in [0.5, 0.6) is 0 Å². The lowest BCUT2D eigenvalue weighted by Crippen LogP contribution is -2.50. The quantitative estimate of drug-likeness (QED) is 0.354. The Hall–Kier alpha value is -0.570. The normalized spacial score (nSPS) is 13.9. The lowest BCUT2D eigenvalue weighted by molar-refractivity contribution is -0.121. The predicted octanol–water partition coefficient (Wildman–Crippen LogP) is 1.75. The van der Waals surface area contributed by atoms with Gasteiger partial charge < -0.3 is 20.7 Å². The predicted molar refractivity (Wildman–Crippen MR) is 103 cm³/mol. The van der Waals surface area contributed by atoms with Crippen LogP contribution in [0.3, 0.4) is 0 Å². The van der Waals surface area contributed by atoms with Crippen molar-refractivity contribution >= 4 is 35.8 Å². The summed E-state index contributed by atoms with van der Waals surface area (Å²) in [5.41, 5.74) is -0.201. The van der Waals surface area contributed by atoms with Crippen molar-refractivity contribution < 1.29 is 9.53 Å². The molecule has 0 saturated heterocycles. The lowest BCUT2D eigenvalue weighted by Gasteiger charge is -2.30. The summed E-state index contributed by atoms with van der Waals surface area (Å²) in [4.78, 5) is 15.9. The largest absolute Gasteiger partial charge is 0.379 e. The fourth-order valence-corrected chi connectivity index (χ4v) is 1.78. The molecule has 22 heavy (non-hydrogen) atoms. The van der Waals surface area contributed by atoms with Crippen LogP contribution in [-0.4, -0.2) is 50.8 Å². The zero-order chi connectivity index (χ0) is 16.7. The van der Waals surface area contributed by atoms with Crippen LogP contribution in [0.4, 0.5) is 0 Å². The molecule has 0 aliphatic carbocycles. The van der Waals surface area contributed by atoms with Gasteiger partial charge in [0, 0.05) is 26.2 Å². The molecule has 0 aromatic rings. The van der Waals surface area contributed by atoms with Crippen LogP contribution >= 0.6 is 24.0 Å². The average Bonchev–Trinajstić information content (AvgIpc) is 2.29. The van der Waals surface area contributed by atoms with Gasteiger partial charge in [0.25, 0.3) is 0 Å². The molecule has 0 bridgehead atoms. The molecule has 0 aliphatic heterocycles. The standard InChI is InChI=1S/C15H32N4O2.HI/c1-14(2,3)11(21-8)9-17-13(16-7)18-10-12(20)19-15(4,5)6;/h11H,9-10H2,1-8H3,(H,19,20)(H2,16,17,18);1H. The molecule has 1 atom stereocenters. The third-order valence-electron chi connectivity index (χ3n) is 2.86. The van der Waals surface area contributed by atoms with E-state index in [-0.39, 0.29) is 53.5 Å². The summed E-state index contributed by atoms with van der Waals surface area (Å²) in [5, 5.41) is 9.06. The molecular weight excluding hydrogens is 395 g/mol. The molecule has 132 valence electrons. The number of ether oxygens (including phenoxy) is 1. The van der Waals surface area contributed by atoms with Gasteiger partial charge in [-0.1, -0.05) is 20.8 Å². The molecule has 0 radical (unpaired) electrons. The van der Waals surface area contributed by atoms with Crippen molar-refractivity contribution in [2.45, 2.75) is 53.2 Å². The number of aliphatic imine (C=N–C) groups is 1. The summed E-state index contributed by atoms with van der Waals surface area (Å²) in [6, 6.07) is 0. The van der Waals surface area contributed by atoms with Crippen molar-refractivity contribution in [3.8, 4) is 0 Å². The number of hydrogen-bond donors (Lipinski definition) is 3. The number of carbonyl (C=O) groups is 1. The second-order valence-corrected chi connectivity index (χ2v) is 7.20. The van der Waals surface area contributed by atoms with E-state index in [9.17, 15) is 4.79 Å². The monoisotopic (exact) mass is 428 g/mol. The molecule has 0 aromatic carbocycles. The molecule has 0 spiro atoms. The SMILES string of the molecule is CN=C(NCC(=O)NC(C)(C)C)NCC(OC)C(C)(C)C.I. The first-order chi connectivity index (χ1) is 9.49. The van der Waals surface area contributed by atoms with E-state index in [4.69, 9.17) is 4.74 Å². The number of guanidine groups is 1. The lowest BCUT2D eigenvalue weighted by atomic mass is 9.89. The van der Waals surface area contributed by atoms with E-state index < -0.39 is 0 Å². The van der Waals surface area contributed by atoms with Gasteiger partial charge in [0.1, 0.15) is 0 Å². The molecule has 0 rings (SSSR count). The van der Waals surface area contributed by atoms with Gasteiger partial charge in [-0.15, -0.1) is 24.0 Å². The Morgan fingerprint density at radius 1 is 1.14 bits per heavy atom. The van der Waals surface area contributed by atoms with E-state index in [0.717, 1.165) is 0 Å². The zero-order valence-corrected chi connectivity index (χ0v) is 17.5. The second kappa shape index (κ2) is 10.3. The van der Waals surface area contributed by atoms with Crippen molar-refractivity contribution in [3.05, 3.63) is 0 Å². The first-order valence-corrected chi connectivity index (χ1v) is 7.28. The molecule has 1 unspecified atom stereocenters. The van der Waals surface area contributed by atoms with Crippen molar-refractivity contribution in [2.24, 2.45) is 10.4 Å². The Bertz CT molecular complexity index is 360. The smallest absolute Gasteiger partial charge is 0.239 e.